The third-order valence-electron chi connectivity index (χ3n) is 3.22. The average molecular weight is 331 g/mol. The standard InChI is InChI=1S/C14H13F3N4.ClH/c1-8-2-10(14(15,16)17)4-11(3-8)20-13-19-6-9-5-18-7-12(9)21-13;/h2-4,6,18H,5,7H2,1H3,(H,19,20,21);1H. The smallest absolute Gasteiger partial charge is 0.324 e. The number of alkyl halides is 3. The van der Waals surface area contributed by atoms with E-state index in [9.17, 15) is 13.2 Å². The minimum Gasteiger partial charge on any atom is -0.324 e. The van der Waals surface area contributed by atoms with Gasteiger partial charge in [0.25, 0.3) is 0 Å². The first-order valence-electron chi connectivity index (χ1n) is 6.43. The fraction of sp³-hybridized carbons (Fsp3) is 0.286. The molecule has 1 aliphatic rings. The molecule has 0 amide bonds. The third kappa shape index (κ3) is 3.48. The fourth-order valence-electron chi connectivity index (χ4n) is 2.27. The molecule has 0 aliphatic carbocycles. The average Bonchev–Trinajstić information content (AvgIpc) is 2.84. The lowest BCUT2D eigenvalue weighted by Gasteiger charge is -2.12. The van der Waals surface area contributed by atoms with Crippen LogP contribution in [0.3, 0.4) is 0 Å². The highest BCUT2D eigenvalue weighted by molar-refractivity contribution is 5.85. The Labute approximate surface area is 131 Å². The van der Waals surface area contributed by atoms with Crippen LogP contribution in [0.5, 0.6) is 0 Å². The number of fused-ring (bicyclic) bond motifs is 1. The maximum Gasteiger partial charge on any atom is 0.416 e. The molecule has 0 saturated heterocycles. The molecule has 3 rings (SSSR count). The molecule has 1 aromatic carbocycles. The van der Waals surface area contributed by atoms with Crippen LogP contribution in [0, 0.1) is 6.92 Å². The zero-order valence-electron chi connectivity index (χ0n) is 11.7. The molecule has 8 heteroatoms. The molecule has 4 nitrogen and oxygen atoms in total. The second-order valence-corrected chi connectivity index (χ2v) is 4.98. The van der Waals surface area contributed by atoms with Gasteiger partial charge in [-0.1, -0.05) is 0 Å². The minimum atomic E-state index is -4.37. The first kappa shape index (κ1) is 16.5. The van der Waals surface area contributed by atoms with Gasteiger partial charge in [-0.2, -0.15) is 13.2 Å². The molecule has 0 saturated carbocycles. The molecule has 2 aromatic rings. The maximum atomic E-state index is 12.8. The molecule has 0 unspecified atom stereocenters. The minimum absolute atomic E-state index is 0. The number of aryl methyl sites for hydroxylation is 1. The van der Waals surface area contributed by atoms with E-state index >= 15 is 0 Å². The van der Waals surface area contributed by atoms with E-state index in [2.05, 4.69) is 20.6 Å². The van der Waals surface area contributed by atoms with Crippen LogP contribution < -0.4 is 10.6 Å². The van der Waals surface area contributed by atoms with E-state index in [0.29, 0.717) is 23.7 Å². The molecular weight excluding hydrogens is 317 g/mol. The van der Waals surface area contributed by atoms with Gasteiger partial charge in [-0.3, -0.25) is 0 Å². The van der Waals surface area contributed by atoms with Crippen LogP contribution in [0.15, 0.2) is 24.4 Å². The zero-order chi connectivity index (χ0) is 15.0. The van der Waals surface area contributed by atoms with Crippen LogP contribution in [-0.4, -0.2) is 9.97 Å². The lowest BCUT2D eigenvalue weighted by atomic mass is 10.1. The van der Waals surface area contributed by atoms with E-state index in [1.165, 1.54) is 0 Å². The number of hydrogen-bond acceptors (Lipinski definition) is 4. The molecule has 0 radical (unpaired) electrons. The molecular formula is C14H14ClF3N4. The van der Waals surface area contributed by atoms with E-state index < -0.39 is 11.7 Å². The second-order valence-electron chi connectivity index (χ2n) is 4.98. The van der Waals surface area contributed by atoms with Crippen molar-refractivity contribution in [2.75, 3.05) is 5.32 Å². The lowest BCUT2D eigenvalue weighted by Crippen LogP contribution is -2.07. The van der Waals surface area contributed by atoms with Crippen molar-refractivity contribution in [2.45, 2.75) is 26.2 Å². The Morgan fingerprint density at radius 1 is 1.18 bits per heavy atom. The summed E-state index contributed by atoms with van der Waals surface area (Å²) in [4.78, 5) is 8.43. The maximum absolute atomic E-state index is 12.8. The van der Waals surface area contributed by atoms with Gasteiger partial charge in [0.05, 0.1) is 11.3 Å². The van der Waals surface area contributed by atoms with Gasteiger partial charge in [-0.15, -0.1) is 12.4 Å². The summed E-state index contributed by atoms with van der Waals surface area (Å²) in [6.07, 6.45) is -2.68. The number of nitrogens with one attached hydrogen (secondary N) is 2. The molecule has 1 aliphatic heterocycles. The fourth-order valence-corrected chi connectivity index (χ4v) is 2.27. The molecule has 0 spiro atoms. The van der Waals surface area contributed by atoms with Crippen molar-refractivity contribution in [2.24, 2.45) is 0 Å². The van der Waals surface area contributed by atoms with Crippen LogP contribution in [0.2, 0.25) is 0 Å². The molecule has 118 valence electrons. The Bertz CT molecular complexity index is 688. The normalized spacial score (nSPS) is 13.5. The van der Waals surface area contributed by atoms with Gasteiger partial charge in [0.1, 0.15) is 0 Å². The highest BCUT2D eigenvalue weighted by atomic mass is 35.5. The summed E-state index contributed by atoms with van der Waals surface area (Å²) < 4.78 is 38.4. The van der Waals surface area contributed by atoms with Crippen molar-refractivity contribution < 1.29 is 13.2 Å². The number of hydrogen-bond donors (Lipinski definition) is 2. The topological polar surface area (TPSA) is 49.8 Å². The van der Waals surface area contributed by atoms with Crippen molar-refractivity contribution in [3.05, 3.63) is 46.8 Å². The summed E-state index contributed by atoms with van der Waals surface area (Å²) in [5.74, 6) is 0.302. The Morgan fingerprint density at radius 3 is 2.68 bits per heavy atom. The monoisotopic (exact) mass is 330 g/mol. The molecule has 0 bridgehead atoms. The Hall–Kier alpha value is -1.86. The Morgan fingerprint density at radius 2 is 1.95 bits per heavy atom. The predicted octanol–water partition coefficient (Wildman–Crippen LogP) is 3.57. The number of anilines is 2. The first-order valence-corrected chi connectivity index (χ1v) is 6.43. The van der Waals surface area contributed by atoms with Crippen molar-refractivity contribution >= 4 is 24.0 Å². The first-order chi connectivity index (χ1) is 9.91. The quantitative estimate of drug-likeness (QED) is 0.884. The molecule has 1 aromatic heterocycles. The molecule has 0 fully saturated rings. The van der Waals surface area contributed by atoms with E-state index in [4.69, 9.17) is 0 Å². The van der Waals surface area contributed by atoms with Crippen molar-refractivity contribution in [3.63, 3.8) is 0 Å². The number of benzene rings is 1. The van der Waals surface area contributed by atoms with E-state index in [0.717, 1.165) is 29.9 Å². The van der Waals surface area contributed by atoms with Crippen LogP contribution in [0.4, 0.5) is 24.8 Å². The van der Waals surface area contributed by atoms with Gasteiger partial charge in [0.15, 0.2) is 0 Å². The van der Waals surface area contributed by atoms with E-state index in [1.807, 2.05) is 0 Å². The third-order valence-corrected chi connectivity index (χ3v) is 3.22. The van der Waals surface area contributed by atoms with Crippen LogP contribution in [0.1, 0.15) is 22.4 Å². The molecule has 2 heterocycles. The molecule has 22 heavy (non-hydrogen) atoms. The van der Waals surface area contributed by atoms with E-state index in [1.54, 1.807) is 19.2 Å². The van der Waals surface area contributed by atoms with Crippen molar-refractivity contribution in [1.29, 1.82) is 0 Å². The second kappa shape index (κ2) is 6.10. The summed E-state index contributed by atoms with van der Waals surface area (Å²) in [6.45, 7) is 2.99. The Balaban J connectivity index is 0.00000176. The van der Waals surface area contributed by atoms with Crippen LogP contribution in [0.25, 0.3) is 0 Å². The van der Waals surface area contributed by atoms with Gasteiger partial charge < -0.3 is 10.6 Å². The summed E-state index contributed by atoms with van der Waals surface area (Å²) >= 11 is 0. The molecule has 2 N–H and O–H groups in total. The number of halogens is 4. The lowest BCUT2D eigenvalue weighted by molar-refractivity contribution is -0.137. The van der Waals surface area contributed by atoms with Gasteiger partial charge in [0, 0.05) is 30.5 Å². The van der Waals surface area contributed by atoms with Gasteiger partial charge in [-0.25, -0.2) is 9.97 Å². The summed E-state index contributed by atoms with van der Waals surface area (Å²) in [7, 11) is 0. The van der Waals surface area contributed by atoms with Crippen LogP contribution in [-0.2, 0) is 19.3 Å². The molecule has 0 atom stereocenters. The van der Waals surface area contributed by atoms with Gasteiger partial charge in [0.2, 0.25) is 5.95 Å². The summed E-state index contributed by atoms with van der Waals surface area (Å²) in [5.41, 5.74) is 2.05. The van der Waals surface area contributed by atoms with Crippen molar-refractivity contribution in [1.82, 2.24) is 15.3 Å². The zero-order valence-corrected chi connectivity index (χ0v) is 12.5. The van der Waals surface area contributed by atoms with Gasteiger partial charge >= 0.3 is 6.18 Å². The largest absolute Gasteiger partial charge is 0.416 e. The summed E-state index contributed by atoms with van der Waals surface area (Å²) in [5, 5.41) is 5.97. The predicted molar refractivity (Wildman–Crippen MR) is 79.3 cm³/mol. The number of nitrogens with zero attached hydrogens (tertiary/aromatic N) is 2. The number of aromatic nitrogens is 2. The number of rotatable bonds is 2. The van der Waals surface area contributed by atoms with Crippen LogP contribution >= 0.6 is 12.4 Å². The van der Waals surface area contributed by atoms with Gasteiger partial charge in [-0.05, 0) is 30.7 Å². The SMILES string of the molecule is Cc1cc(Nc2ncc3c(n2)CNC3)cc(C(F)(F)F)c1.Cl. The van der Waals surface area contributed by atoms with Crippen molar-refractivity contribution in [3.8, 4) is 0 Å². The summed E-state index contributed by atoms with van der Waals surface area (Å²) in [6, 6.07) is 3.80. The Kier molecular flexibility index (Phi) is 4.58. The van der Waals surface area contributed by atoms with E-state index in [-0.39, 0.29) is 12.4 Å². The highest BCUT2D eigenvalue weighted by Gasteiger charge is 2.31. The highest BCUT2D eigenvalue weighted by Crippen LogP contribution is 2.32.